The highest BCUT2D eigenvalue weighted by Gasteiger charge is 2.32. The monoisotopic (exact) mass is 473 g/mol. The molecule has 7 heteroatoms. The summed E-state index contributed by atoms with van der Waals surface area (Å²) in [5.41, 5.74) is 5.99. The van der Waals surface area contributed by atoms with Crippen LogP contribution in [0.2, 0.25) is 5.02 Å². The zero-order valence-corrected chi connectivity index (χ0v) is 19.6. The lowest BCUT2D eigenvalue weighted by atomic mass is 9.84. The van der Waals surface area contributed by atoms with Gasteiger partial charge in [0.2, 0.25) is 5.91 Å². The standard InChI is InChI=1S/C27H24ClN3O3/c1-16-5-3-4-6-19(16)15-34-22-12-9-18(13-23(22)33-2)21-14-24(32)29-27-25(21)26(30-31-27)17-7-10-20(28)11-8-17/h3-13,21H,14-15H2,1-2H3,(H2,29,30,31,32). The molecule has 1 unspecified atom stereocenters. The van der Waals surface area contributed by atoms with E-state index in [1.807, 2.05) is 54.6 Å². The molecule has 1 aliphatic rings. The summed E-state index contributed by atoms with van der Waals surface area (Å²) in [4.78, 5) is 12.5. The molecule has 2 N–H and O–H groups in total. The fourth-order valence-corrected chi connectivity index (χ4v) is 4.45. The smallest absolute Gasteiger partial charge is 0.226 e. The van der Waals surface area contributed by atoms with Crippen LogP contribution in [-0.4, -0.2) is 23.2 Å². The van der Waals surface area contributed by atoms with Gasteiger partial charge < -0.3 is 14.8 Å². The average Bonchev–Trinajstić information content (AvgIpc) is 3.27. The second kappa shape index (κ2) is 9.23. The predicted molar refractivity (Wildman–Crippen MR) is 133 cm³/mol. The summed E-state index contributed by atoms with van der Waals surface area (Å²) in [5, 5.41) is 11.0. The minimum atomic E-state index is -0.188. The van der Waals surface area contributed by atoms with Gasteiger partial charge in [-0.25, -0.2) is 0 Å². The van der Waals surface area contributed by atoms with Gasteiger partial charge >= 0.3 is 0 Å². The Morgan fingerprint density at radius 3 is 2.62 bits per heavy atom. The molecular formula is C27H24ClN3O3. The fourth-order valence-electron chi connectivity index (χ4n) is 4.32. The number of aromatic nitrogens is 2. The Labute approximate surface area is 202 Å². The first kappa shape index (κ1) is 22.0. The van der Waals surface area contributed by atoms with Crippen LogP contribution in [0.5, 0.6) is 11.5 Å². The number of fused-ring (bicyclic) bond motifs is 1. The lowest BCUT2D eigenvalue weighted by Crippen LogP contribution is -2.23. The van der Waals surface area contributed by atoms with Gasteiger partial charge in [-0.1, -0.05) is 54.1 Å². The molecule has 1 aliphatic heterocycles. The van der Waals surface area contributed by atoms with Crippen LogP contribution in [0.25, 0.3) is 11.3 Å². The quantitative estimate of drug-likeness (QED) is 0.354. The Kier molecular flexibility index (Phi) is 5.99. The van der Waals surface area contributed by atoms with Gasteiger partial charge in [0.15, 0.2) is 17.3 Å². The van der Waals surface area contributed by atoms with Crippen molar-refractivity contribution in [2.75, 3.05) is 12.4 Å². The second-order valence-corrected chi connectivity index (χ2v) is 8.73. The lowest BCUT2D eigenvalue weighted by Gasteiger charge is -2.24. The van der Waals surface area contributed by atoms with Crippen LogP contribution in [-0.2, 0) is 11.4 Å². The van der Waals surface area contributed by atoms with Crippen LogP contribution in [0.1, 0.15) is 34.6 Å². The third-order valence-corrected chi connectivity index (χ3v) is 6.42. The number of hydrogen-bond donors (Lipinski definition) is 2. The summed E-state index contributed by atoms with van der Waals surface area (Å²) in [7, 11) is 1.62. The molecule has 0 bridgehead atoms. The highest BCUT2D eigenvalue weighted by atomic mass is 35.5. The number of aromatic amines is 1. The van der Waals surface area contributed by atoms with E-state index in [0.29, 0.717) is 35.4 Å². The largest absolute Gasteiger partial charge is 0.493 e. The Bertz CT molecular complexity index is 1350. The van der Waals surface area contributed by atoms with E-state index in [1.54, 1.807) is 7.11 Å². The van der Waals surface area contributed by atoms with Crippen molar-refractivity contribution in [3.63, 3.8) is 0 Å². The number of hydrogen-bond acceptors (Lipinski definition) is 4. The van der Waals surface area contributed by atoms with Crippen molar-refractivity contribution >= 4 is 23.3 Å². The van der Waals surface area contributed by atoms with Crippen molar-refractivity contribution in [3.8, 4) is 22.8 Å². The van der Waals surface area contributed by atoms with E-state index < -0.39 is 0 Å². The highest BCUT2D eigenvalue weighted by Crippen LogP contribution is 2.43. The molecular weight excluding hydrogens is 450 g/mol. The molecule has 0 spiro atoms. The molecule has 1 atom stereocenters. The zero-order chi connectivity index (χ0) is 23.7. The maximum Gasteiger partial charge on any atom is 0.226 e. The first-order valence-corrected chi connectivity index (χ1v) is 11.4. The van der Waals surface area contributed by atoms with Gasteiger partial charge in [0.1, 0.15) is 6.61 Å². The molecule has 34 heavy (non-hydrogen) atoms. The van der Waals surface area contributed by atoms with Crippen molar-refractivity contribution < 1.29 is 14.3 Å². The van der Waals surface area contributed by atoms with Gasteiger partial charge in [0, 0.05) is 28.5 Å². The topological polar surface area (TPSA) is 76.2 Å². The van der Waals surface area contributed by atoms with Crippen LogP contribution < -0.4 is 14.8 Å². The summed E-state index contributed by atoms with van der Waals surface area (Å²) in [6.45, 7) is 2.51. The molecule has 5 rings (SSSR count). The molecule has 0 saturated heterocycles. The van der Waals surface area contributed by atoms with Crippen LogP contribution >= 0.6 is 11.6 Å². The number of ether oxygens (including phenoxy) is 2. The summed E-state index contributed by atoms with van der Waals surface area (Å²) < 4.78 is 11.7. The number of rotatable bonds is 6. The average molecular weight is 474 g/mol. The lowest BCUT2D eigenvalue weighted by molar-refractivity contribution is -0.116. The van der Waals surface area contributed by atoms with Crippen molar-refractivity contribution in [1.29, 1.82) is 0 Å². The van der Waals surface area contributed by atoms with Gasteiger partial charge in [-0.2, -0.15) is 5.10 Å². The number of benzene rings is 3. The maximum absolute atomic E-state index is 12.5. The molecule has 0 aliphatic carbocycles. The first-order valence-electron chi connectivity index (χ1n) is 11.0. The predicted octanol–water partition coefficient (Wildman–Crippen LogP) is 6.10. The third kappa shape index (κ3) is 4.24. The number of nitrogens with one attached hydrogen (secondary N) is 2. The Morgan fingerprint density at radius 1 is 1.06 bits per heavy atom. The van der Waals surface area contributed by atoms with E-state index >= 15 is 0 Å². The van der Waals surface area contributed by atoms with Gasteiger partial charge in [-0.15, -0.1) is 0 Å². The summed E-state index contributed by atoms with van der Waals surface area (Å²) in [5.74, 6) is 1.55. The minimum absolute atomic E-state index is 0.0782. The van der Waals surface area contributed by atoms with Gasteiger partial charge in [0.05, 0.1) is 12.8 Å². The van der Waals surface area contributed by atoms with E-state index in [2.05, 4.69) is 34.6 Å². The van der Waals surface area contributed by atoms with Crippen molar-refractivity contribution in [3.05, 3.63) is 94.0 Å². The highest BCUT2D eigenvalue weighted by molar-refractivity contribution is 6.30. The second-order valence-electron chi connectivity index (χ2n) is 8.30. The molecule has 1 amide bonds. The summed E-state index contributed by atoms with van der Waals surface area (Å²) in [6.07, 6.45) is 0.305. The number of anilines is 1. The minimum Gasteiger partial charge on any atom is -0.493 e. The Hall–Kier alpha value is -3.77. The zero-order valence-electron chi connectivity index (χ0n) is 18.9. The molecule has 2 heterocycles. The Balaban J connectivity index is 1.48. The molecule has 172 valence electrons. The molecule has 4 aromatic rings. The van der Waals surface area contributed by atoms with Gasteiger partial charge in [0.25, 0.3) is 0 Å². The van der Waals surface area contributed by atoms with Crippen LogP contribution in [0.3, 0.4) is 0 Å². The van der Waals surface area contributed by atoms with Crippen molar-refractivity contribution in [2.24, 2.45) is 0 Å². The number of H-pyrrole nitrogens is 1. The maximum atomic E-state index is 12.5. The van der Waals surface area contributed by atoms with Gasteiger partial charge in [-0.05, 0) is 47.9 Å². The number of methoxy groups -OCH3 is 1. The summed E-state index contributed by atoms with van der Waals surface area (Å²) >= 11 is 6.07. The molecule has 1 aromatic heterocycles. The van der Waals surface area contributed by atoms with Crippen molar-refractivity contribution in [2.45, 2.75) is 25.9 Å². The van der Waals surface area contributed by atoms with Crippen LogP contribution in [0.4, 0.5) is 5.82 Å². The number of halogens is 1. The molecule has 6 nitrogen and oxygen atoms in total. The Morgan fingerprint density at radius 2 is 1.85 bits per heavy atom. The fraction of sp³-hybridized carbons (Fsp3) is 0.185. The normalized spacial score (nSPS) is 14.9. The van der Waals surface area contributed by atoms with E-state index in [-0.39, 0.29) is 11.8 Å². The molecule has 0 fully saturated rings. The number of carbonyl (C=O) groups is 1. The van der Waals surface area contributed by atoms with Crippen LogP contribution in [0.15, 0.2) is 66.7 Å². The molecule has 0 radical (unpaired) electrons. The van der Waals surface area contributed by atoms with E-state index in [9.17, 15) is 4.79 Å². The number of aryl methyl sites for hydroxylation is 1. The SMILES string of the molecule is COc1cc(C2CC(=O)Nc3n[nH]c(-c4ccc(Cl)cc4)c32)ccc1OCc1ccccc1C. The number of nitrogens with zero attached hydrogens (tertiary/aromatic N) is 1. The third-order valence-electron chi connectivity index (χ3n) is 6.17. The van der Waals surface area contributed by atoms with E-state index in [0.717, 1.165) is 27.9 Å². The summed E-state index contributed by atoms with van der Waals surface area (Å²) in [6, 6.07) is 21.5. The molecule has 0 saturated carbocycles. The van der Waals surface area contributed by atoms with Crippen molar-refractivity contribution in [1.82, 2.24) is 10.2 Å². The van der Waals surface area contributed by atoms with Crippen LogP contribution in [0, 0.1) is 6.92 Å². The van der Waals surface area contributed by atoms with E-state index in [4.69, 9.17) is 21.1 Å². The first-order chi connectivity index (χ1) is 16.5. The number of amides is 1. The number of carbonyl (C=O) groups excluding carboxylic acids is 1. The van der Waals surface area contributed by atoms with Gasteiger partial charge in [-0.3, -0.25) is 9.89 Å². The van der Waals surface area contributed by atoms with E-state index in [1.165, 1.54) is 5.56 Å². The molecule has 3 aromatic carbocycles.